The number of rotatable bonds is 1. The van der Waals surface area contributed by atoms with Gasteiger partial charge in [-0.1, -0.05) is 11.6 Å². The number of allylic oxidation sites excluding steroid dienone is 1. The van der Waals surface area contributed by atoms with E-state index in [4.69, 9.17) is 17.3 Å². The first-order valence-corrected chi connectivity index (χ1v) is 2.67. The molecule has 0 heterocycles. The Bertz CT molecular complexity index is 149. The van der Waals surface area contributed by atoms with Crippen LogP contribution in [0.2, 0.25) is 0 Å². The molecule has 0 bridgehead atoms. The van der Waals surface area contributed by atoms with Gasteiger partial charge in [-0.15, -0.1) is 0 Å². The standard InChI is InChI=1S/C5H8ClNO2/c1-3(7)4(6)5(8)9-2/h7H2,1-2H3. The molecule has 0 amide bonds. The zero-order chi connectivity index (χ0) is 7.44. The Kier molecular flexibility index (Phi) is 3.09. The Hall–Kier alpha value is -0.700. The summed E-state index contributed by atoms with van der Waals surface area (Å²) in [6.07, 6.45) is 0. The molecule has 0 aromatic heterocycles. The fourth-order valence-electron chi connectivity index (χ4n) is 0.251. The molecule has 0 saturated carbocycles. The quantitative estimate of drug-likeness (QED) is 0.439. The number of carbonyl (C=O) groups excluding carboxylic acids is 1. The van der Waals surface area contributed by atoms with Gasteiger partial charge in [-0.25, -0.2) is 4.79 Å². The molecule has 0 rings (SSSR count). The minimum absolute atomic E-state index is 0.0579. The fourth-order valence-corrected chi connectivity index (χ4v) is 0.328. The fraction of sp³-hybridized carbons (Fsp3) is 0.400. The van der Waals surface area contributed by atoms with Crippen molar-refractivity contribution >= 4 is 17.6 Å². The highest BCUT2D eigenvalue weighted by Gasteiger charge is 2.06. The van der Waals surface area contributed by atoms with Crippen molar-refractivity contribution in [3.8, 4) is 0 Å². The van der Waals surface area contributed by atoms with Crippen LogP contribution < -0.4 is 5.73 Å². The Morgan fingerprint density at radius 3 is 2.22 bits per heavy atom. The minimum Gasteiger partial charge on any atom is -0.465 e. The third-order valence-corrected chi connectivity index (χ3v) is 1.16. The average Bonchev–Trinajstić information content (AvgIpc) is 1.84. The molecule has 4 heteroatoms. The van der Waals surface area contributed by atoms with E-state index in [2.05, 4.69) is 4.74 Å². The van der Waals surface area contributed by atoms with Gasteiger partial charge in [-0.3, -0.25) is 0 Å². The van der Waals surface area contributed by atoms with Gasteiger partial charge in [0, 0.05) is 5.70 Å². The van der Waals surface area contributed by atoms with E-state index in [1.807, 2.05) is 0 Å². The second-order valence-corrected chi connectivity index (χ2v) is 1.87. The summed E-state index contributed by atoms with van der Waals surface area (Å²) in [5.74, 6) is -0.600. The Morgan fingerprint density at radius 2 is 2.11 bits per heavy atom. The summed E-state index contributed by atoms with van der Waals surface area (Å²) >= 11 is 5.35. The lowest BCUT2D eigenvalue weighted by atomic mass is 10.4. The van der Waals surface area contributed by atoms with E-state index < -0.39 is 5.97 Å². The summed E-state index contributed by atoms with van der Waals surface area (Å²) in [6, 6.07) is 0. The van der Waals surface area contributed by atoms with Crippen LogP contribution in [0, 0.1) is 0 Å². The van der Waals surface area contributed by atoms with Crippen LogP contribution in [-0.2, 0) is 9.53 Å². The van der Waals surface area contributed by atoms with Crippen molar-refractivity contribution < 1.29 is 9.53 Å². The summed E-state index contributed by atoms with van der Waals surface area (Å²) in [5.41, 5.74) is 5.43. The van der Waals surface area contributed by atoms with E-state index in [1.54, 1.807) is 0 Å². The smallest absolute Gasteiger partial charge is 0.351 e. The highest BCUT2D eigenvalue weighted by Crippen LogP contribution is 2.05. The van der Waals surface area contributed by atoms with Crippen molar-refractivity contribution in [2.24, 2.45) is 5.73 Å². The number of ether oxygens (including phenoxy) is 1. The zero-order valence-corrected chi connectivity index (χ0v) is 6.03. The molecule has 0 aliphatic rings. The molecule has 9 heavy (non-hydrogen) atoms. The molecule has 0 aliphatic carbocycles. The predicted octanol–water partition coefficient (Wildman–Crippen LogP) is 0.588. The van der Waals surface area contributed by atoms with E-state index >= 15 is 0 Å². The third kappa shape index (κ3) is 2.37. The number of carbonyl (C=O) groups is 1. The van der Waals surface area contributed by atoms with Crippen molar-refractivity contribution in [3.63, 3.8) is 0 Å². The Morgan fingerprint density at radius 1 is 1.67 bits per heavy atom. The van der Waals surface area contributed by atoms with Gasteiger partial charge in [-0.05, 0) is 6.92 Å². The minimum atomic E-state index is -0.600. The normalized spacial score (nSPS) is 12.3. The number of halogens is 1. The summed E-state index contributed by atoms with van der Waals surface area (Å²) in [4.78, 5) is 10.5. The van der Waals surface area contributed by atoms with Crippen LogP contribution in [-0.4, -0.2) is 13.1 Å². The molecule has 0 aromatic carbocycles. The topological polar surface area (TPSA) is 52.3 Å². The molecule has 52 valence electrons. The third-order valence-electron chi connectivity index (χ3n) is 0.711. The number of nitrogens with two attached hydrogens (primary N) is 1. The predicted molar refractivity (Wildman–Crippen MR) is 34.8 cm³/mol. The summed E-state index contributed by atoms with van der Waals surface area (Å²) in [7, 11) is 1.24. The summed E-state index contributed by atoms with van der Waals surface area (Å²) in [5, 5.41) is -0.0579. The van der Waals surface area contributed by atoms with E-state index in [1.165, 1.54) is 14.0 Å². The SMILES string of the molecule is COC(=O)C(Cl)=C(C)N. The second-order valence-electron chi connectivity index (χ2n) is 1.49. The lowest BCUT2D eigenvalue weighted by molar-refractivity contribution is -0.135. The average molecular weight is 150 g/mol. The molecule has 0 fully saturated rings. The molecular weight excluding hydrogens is 142 g/mol. The maximum atomic E-state index is 10.5. The van der Waals surface area contributed by atoms with Crippen LogP contribution in [0.15, 0.2) is 10.7 Å². The van der Waals surface area contributed by atoms with Crippen LogP contribution in [0.25, 0.3) is 0 Å². The Labute approximate surface area is 58.4 Å². The first kappa shape index (κ1) is 8.30. The molecule has 0 aromatic rings. The lowest BCUT2D eigenvalue weighted by Crippen LogP contribution is -2.05. The molecule has 0 atom stereocenters. The van der Waals surface area contributed by atoms with Gasteiger partial charge in [0.25, 0.3) is 0 Å². The maximum Gasteiger partial charge on any atom is 0.351 e. The number of methoxy groups -OCH3 is 1. The van der Waals surface area contributed by atoms with Gasteiger partial charge < -0.3 is 10.5 Å². The van der Waals surface area contributed by atoms with E-state index in [9.17, 15) is 4.79 Å². The van der Waals surface area contributed by atoms with Gasteiger partial charge in [0.2, 0.25) is 0 Å². The first-order chi connectivity index (χ1) is 4.09. The van der Waals surface area contributed by atoms with E-state index in [-0.39, 0.29) is 10.7 Å². The van der Waals surface area contributed by atoms with Crippen molar-refractivity contribution in [2.45, 2.75) is 6.92 Å². The van der Waals surface area contributed by atoms with Crippen LogP contribution in [0.1, 0.15) is 6.92 Å². The van der Waals surface area contributed by atoms with E-state index in [0.717, 1.165) is 0 Å². The van der Waals surface area contributed by atoms with Gasteiger partial charge in [0.05, 0.1) is 7.11 Å². The van der Waals surface area contributed by atoms with Gasteiger partial charge in [0.1, 0.15) is 5.03 Å². The highest BCUT2D eigenvalue weighted by molar-refractivity contribution is 6.41. The number of hydrogen-bond acceptors (Lipinski definition) is 3. The van der Waals surface area contributed by atoms with Gasteiger partial charge in [0.15, 0.2) is 0 Å². The molecule has 0 unspecified atom stereocenters. The second kappa shape index (κ2) is 3.35. The number of hydrogen-bond donors (Lipinski definition) is 1. The maximum absolute atomic E-state index is 10.5. The van der Waals surface area contributed by atoms with Crippen molar-refractivity contribution in [3.05, 3.63) is 10.7 Å². The van der Waals surface area contributed by atoms with Crippen molar-refractivity contribution in [2.75, 3.05) is 7.11 Å². The molecule has 0 spiro atoms. The lowest BCUT2D eigenvalue weighted by Gasteiger charge is -1.96. The van der Waals surface area contributed by atoms with Crippen LogP contribution >= 0.6 is 11.6 Å². The largest absolute Gasteiger partial charge is 0.465 e. The molecule has 0 radical (unpaired) electrons. The van der Waals surface area contributed by atoms with Gasteiger partial charge >= 0.3 is 5.97 Å². The van der Waals surface area contributed by atoms with Crippen LogP contribution in [0.3, 0.4) is 0 Å². The first-order valence-electron chi connectivity index (χ1n) is 2.29. The van der Waals surface area contributed by atoms with Crippen LogP contribution in [0.5, 0.6) is 0 Å². The Balaban J connectivity index is 4.21. The van der Waals surface area contributed by atoms with Crippen molar-refractivity contribution in [1.29, 1.82) is 0 Å². The van der Waals surface area contributed by atoms with Crippen molar-refractivity contribution in [1.82, 2.24) is 0 Å². The molecule has 0 aliphatic heterocycles. The summed E-state index contributed by atoms with van der Waals surface area (Å²) < 4.78 is 4.26. The highest BCUT2D eigenvalue weighted by atomic mass is 35.5. The summed E-state index contributed by atoms with van der Waals surface area (Å²) in [6.45, 7) is 1.53. The zero-order valence-electron chi connectivity index (χ0n) is 5.27. The molecule has 0 saturated heterocycles. The van der Waals surface area contributed by atoms with E-state index in [0.29, 0.717) is 0 Å². The van der Waals surface area contributed by atoms with Crippen LogP contribution in [0.4, 0.5) is 0 Å². The molecular formula is C5H8ClNO2. The molecule has 3 nitrogen and oxygen atoms in total. The van der Waals surface area contributed by atoms with Gasteiger partial charge in [-0.2, -0.15) is 0 Å². The monoisotopic (exact) mass is 149 g/mol. The molecule has 2 N–H and O–H groups in total. The number of esters is 1.